The van der Waals surface area contributed by atoms with Gasteiger partial charge in [-0.05, 0) is 18.1 Å². The monoisotopic (exact) mass is 236 g/mol. The van der Waals surface area contributed by atoms with Gasteiger partial charge in [0, 0.05) is 0 Å². The third-order valence-electron chi connectivity index (χ3n) is 1.93. The van der Waals surface area contributed by atoms with Crippen LogP contribution in [0.4, 0.5) is 13.2 Å². The second kappa shape index (κ2) is 6.37. The first-order chi connectivity index (χ1) is 7.40. The fraction of sp³-hybridized carbons (Fsp3) is 0.455. The lowest BCUT2D eigenvalue weighted by atomic mass is 10.1. The van der Waals surface area contributed by atoms with Gasteiger partial charge in [-0.15, -0.1) is 0 Å². The molecule has 16 heavy (non-hydrogen) atoms. The van der Waals surface area contributed by atoms with Crippen molar-refractivity contribution in [3.05, 3.63) is 36.6 Å². The molecule has 0 aliphatic rings. The molecule has 0 fully saturated rings. The van der Waals surface area contributed by atoms with Gasteiger partial charge in [-0.25, -0.2) is 0 Å². The van der Waals surface area contributed by atoms with Crippen molar-refractivity contribution in [1.82, 2.24) is 0 Å². The molecular weight excluding hydrogens is 221 g/mol. The van der Waals surface area contributed by atoms with E-state index < -0.39 is 18.9 Å². The Bertz CT molecular complexity index is 279. The molecule has 0 aromatic heterocycles. The molecule has 0 amide bonds. The Hall–Kier alpha value is -1.23. The number of aliphatic hydroxyl groups excluding tert-OH is 1. The maximum Gasteiger partial charge on any atom is 0.427 e. The molecule has 0 saturated heterocycles. The van der Waals surface area contributed by atoms with Gasteiger partial charge in [0.15, 0.2) is 0 Å². The maximum absolute atomic E-state index is 12.3. The number of allylic oxidation sites excluding steroid dienone is 3. The first-order valence-corrected chi connectivity index (χ1v) is 4.72. The van der Waals surface area contributed by atoms with Crippen molar-refractivity contribution in [3.8, 4) is 0 Å². The maximum atomic E-state index is 12.3. The predicted molar refractivity (Wildman–Crippen MR) is 55.7 cm³/mol. The van der Waals surface area contributed by atoms with E-state index in [1.165, 1.54) is 12.2 Å². The van der Waals surface area contributed by atoms with E-state index >= 15 is 0 Å². The van der Waals surface area contributed by atoms with Gasteiger partial charge in [-0.2, -0.15) is 13.2 Å². The zero-order valence-corrected chi connectivity index (χ0v) is 9.05. The van der Waals surface area contributed by atoms with Gasteiger partial charge >= 0.3 is 6.18 Å². The number of alkyl halides is 3. The molecule has 92 valence electrons. The molecule has 1 N–H and O–H groups in total. The van der Waals surface area contributed by atoms with Crippen LogP contribution in [-0.4, -0.2) is 24.0 Å². The van der Waals surface area contributed by atoms with Crippen molar-refractivity contribution >= 4 is 0 Å². The summed E-state index contributed by atoms with van der Waals surface area (Å²) < 4.78 is 41.6. The van der Waals surface area contributed by atoms with Crippen LogP contribution in [0.2, 0.25) is 0 Å². The van der Waals surface area contributed by atoms with Crippen LogP contribution in [-0.2, 0) is 4.74 Å². The van der Waals surface area contributed by atoms with Crippen LogP contribution in [0.15, 0.2) is 36.6 Å². The van der Waals surface area contributed by atoms with Gasteiger partial charge in [0.25, 0.3) is 0 Å². The number of aliphatic hydroxyl groups is 1. The summed E-state index contributed by atoms with van der Waals surface area (Å²) >= 11 is 0. The first-order valence-electron chi connectivity index (χ1n) is 4.72. The smallest absolute Gasteiger partial charge is 0.427 e. The molecule has 1 atom stereocenters. The minimum atomic E-state index is -4.61. The summed E-state index contributed by atoms with van der Waals surface area (Å²) in [5.74, 6) is -0.00567. The normalized spacial score (nSPS) is 15.1. The summed E-state index contributed by atoms with van der Waals surface area (Å²) in [6.45, 7) is 7.46. The van der Waals surface area contributed by atoms with Gasteiger partial charge in [-0.1, -0.05) is 26.2 Å². The van der Waals surface area contributed by atoms with E-state index in [2.05, 4.69) is 17.9 Å². The minimum absolute atomic E-state index is 0.00567. The van der Waals surface area contributed by atoms with E-state index in [4.69, 9.17) is 5.11 Å². The largest absolute Gasteiger partial charge is 0.478 e. The fourth-order valence-electron chi connectivity index (χ4n) is 1.03. The van der Waals surface area contributed by atoms with Gasteiger partial charge in [0.1, 0.15) is 5.76 Å². The van der Waals surface area contributed by atoms with E-state index in [-0.39, 0.29) is 5.76 Å². The van der Waals surface area contributed by atoms with Crippen molar-refractivity contribution < 1.29 is 23.0 Å². The molecule has 0 bridgehead atoms. The lowest BCUT2D eigenvalue weighted by molar-refractivity contribution is -0.217. The van der Waals surface area contributed by atoms with Crippen LogP contribution in [0.5, 0.6) is 0 Å². The van der Waals surface area contributed by atoms with E-state index in [1.807, 2.05) is 0 Å². The molecule has 0 saturated carbocycles. The van der Waals surface area contributed by atoms with E-state index in [1.54, 1.807) is 6.92 Å². The Morgan fingerprint density at radius 3 is 2.19 bits per heavy atom. The van der Waals surface area contributed by atoms with Crippen LogP contribution in [0, 0.1) is 0 Å². The van der Waals surface area contributed by atoms with Crippen LogP contribution < -0.4 is 0 Å². The standard InChI is InChI=1S/C11H15F3O2/c1-4-8(5-2)9(6-3)16-10(7-15)11(12,13)14/h4,6,10,15H,1,3,5,7H2,2H3/b9-8-. The molecule has 5 heteroatoms. The molecule has 0 rings (SSSR count). The molecule has 0 spiro atoms. The van der Waals surface area contributed by atoms with Crippen LogP contribution >= 0.6 is 0 Å². The van der Waals surface area contributed by atoms with Crippen LogP contribution in [0.25, 0.3) is 0 Å². The molecule has 0 aromatic rings. The number of hydrogen-bond acceptors (Lipinski definition) is 2. The summed E-state index contributed by atoms with van der Waals surface area (Å²) in [6.07, 6.45) is -3.79. The third-order valence-corrected chi connectivity index (χ3v) is 1.93. The SMILES string of the molecule is C=C/C(CC)=C(\C=C)OC(CO)C(F)(F)F. The Kier molecular flexibility index (Phi) is 5.88. The molecule has 0 radical (unpaired) electrons. The topological polar surface area (TPSA) is 29.5 Å². The minimum Gasteiger partial charge on any atom is -0.478 e. The fourth-order valence-corrected chi connectivity index (χ4v) is 1.03. The summed E-state index contributed by atoms with van der Waals surface area (Å²) in [5, 5.41) is 8.61. The zero-order chi connectivity index (χ0) is 12.8. The Morgan fingerprint density at radius 2 is 1.94 bits per heavy atom. The quantitative estimate of drug-likeness (QED) is 0.567. The highest BCUT2D eigenvalue weighted by Crippen LogP contribution is 2.26. The lowest BCUT2D eigenvalue weighted by Crippen LogP contribution is -2.34. The Morgan fingerprint density at radius 1 is 1.38 bits per heavy atom. The lowest BCUT2D eigenvalue weighted by Gasteiger charge is -2.21. The van der Waals surface area contributed by atoms with Crippen molar-refractivity contribution in [1.29, 1.82) is 0 Å². The summed E-state index contributed by atoms with van der Waals surface area (Å²) in [5.41, 5.74) is 0.512. The molecule has 1 unspecified atom stereocenters. The van der Waals surface area contributed by atoms with Crippen molar-refractivity contribution in [2.75, 3.05) is 6.61 Å². The predicted octanol–water partition coefficient (Wildman–Crippen LogP) is 2.96. The van der Waals surface area contributed by atoms with Crippen LogP contribution in [0.3, 0.4) is 0 Å². The molecule has 0 heterocycles. The highest BCUT2D eigenvalue weighted by molar-refractivity contribution is 5.26. The highest BCUT2D eigenvalue weighted by atomic mass is 19.4. The second-order valence-corrected chi connectivity index (χ2v) is 2.98. The molecular formula is C11H15F3O2. The molecule has 2 nitrogen and oxygen atoms in total. The van der Waals surface area contributed by atoms with Gasteiger partial charge in [0.2, 0.25) is 6.10 Å². The molecule has 0 aliphatic carbocycles. The van der Waals surface area contributed by atoms with Crippen LogP contribution in [0.1, 0.15) is 13.3 Å². The molecule has 0 aromatic carbocycles. The second-order valence-electron chi connectivity index (χ2n) is 2.98. The van der Waals surface area contributed by atoms with Gasteiger partial charge in [-0.3, -0.25) is 0 Å². The number of rotatable bonds is 6. The van der Waals surface area contributed by atoms with Crippen molar-refractivity contribution in [2.45, 2.75) is 25.6 Å². The first kappa shape index (κ1) is 14.8. The van der Waals surface area contributed by atoms with E-state index in [0.29, 0.717) is 12.0 Å². The van der Waals surface area contributed by atoms with Crippen molar-refractivity contribution in [3.63, 3.8) is 0 Å². The van der Waals surface area contributed by atoms with Crippen molar-refractivity contribution in [2.24, 2.45) is 0 Å². The van der Waals surface area contributed by atoms with E-state index in [9.17, 15) is 13.2 Å². The molecule has 0 aliphatic heterocycles. The van der Waals surface area contributed by atoms with E-state index in [0.717, 1.165) is 0 Å². The number of halogens is 3. The summed E-state index contributed by atoms with van der Waals surface area (Å²) in [7, 11) is 0. The number of ether oxygens (including phenoxy) is 1. The van der Waals surface area contributed by atoms with Gasteiger partial charge in [0.05, 0.1) is 6.61 Å². The Balaban J connectivity index is 4.96. The number of hydrogen-bond donors (Lipinski definition) is 1. The Labute approximate surface area is 92.7 Å². The summed E-state index contributed by atoms with van der Waals surface area (Å²) in [4.78, 5) is 0. The highest BCUT2D eigenvalue weighted by Gasteiger charge is 2.41. The third kappa shape index (κ3) is 4.10. The average Bonchev–Trinajstić information content (AvgIpc) is 2.22. The zero-order valence-electron chi connectivity index (χ0n) is 9.05. The summed E-state index contributed by atoms with van der Waals surface area (Å²) in [6, 6.07) is 0. The van der Waals surface area contributed by atoms with Gasteiger partial charge < -0.3 is 9.84 Å². The average molecular weight is 236 g/mol.